The Morgan fingerprint density at radius 2 is 2.10 bits per heavy atom. The van der Waals surface area contributed by atoms with Gasteiger partial charge in [-0.3, -0.25) is 9.78 Å². The van der Waals surface area contributed by atoms with Gasteiger partial charge in [0.25, 0.3) is 0 Å². The van der Waals surface area contributed by atoms with E-state index in [-0.39, 0.29) is 11.2 Å². The van der Waals surface area contributed by atoms with Crippen molar-refractivity contribution in [3.63, 3.8) is 0 Å². The SMILES string of the molecule is CCCOc1cncc(C(=O)CC2(CN)CCCCC2)c1. The third-order valence-electron chi connectivity index (χ3n) is 4.39. The number of nitrogens with zero attached hydrogens (tertiary/aromatic N) is 1. The van der Waals surface area contributed by atoms with Crippen molar-refractivity contribution in [3.8, 4) is 5.75 Å². The zero-order valence-electron chi connectivity index (χ0n) is 12.9. The molecule has 0 unspecified atom stereocenters. The van der Waals surface area contributed by atoms with Gasteiger partial charge in [-0.15, -0.1) is 0 Å². The van der Waals surface area contributed by atoms with Crippen LogP contribution in [0.5, 0.6) is 5.75 Å². The molecule has 1 fully saturated rings. The molecule has 0 amide bonds. The second-order valence-corrected chi connectivity index (χ2v) is 6.12. The third kappa shape index (κ3) is 4.27. The maximum atomic E-state index is 12.6. The summed E-state index contributed by atoms with van der Waals surface area (Å²) >= 11 is 0. The maximum absolute atomic E-state index is 12.6. The van der Waals surface area contributed by atoms with Gasteiger partial charge in [-0.05, 0) is 37.3 Å². The van der Waals surface area contributed by atoms with Crippen molar-refractivity contribution in [1.29, 1.82) is 0 Å². The van der Waals surface area contributed by atoms with Crippen molar-refractivity contribution in [2.24, 2.45) is 11.1 Å². The number of ether oxygens (including phenoxy) is 1. The number of hydrogen-bond acceptors (Lipinski definition) is 4. The van der Waals surface area contributed by atoms with Gasteiger partial charge in [0.1, 0.15) is 5.75 Å². The molecule has 0 saturated heterocycles. The van der Waals surface area contributed by atoms with Gasteiger partial charge in [-0.25, -0.2) is 0 Å². The van der Waals surface area contributed by atoms with Gasteiger partial charge >= 0.3 is 0 Å². The molecular weight excluding hydrogens is 264 g/mol. The molecule has 21 heavy (non-hydrogen) atoms. The van der Waals surface area contributed by atoms with E-state index in [9.17, 15) is 4.79 Å². The summed E-state index contributed by atoms with van der Waals surface area (Å²) in [6.45, 7) is 3.29. The topological polar surface area (TPSA) is 65.2 Å². The molecule has 4 heteroatoms. The molecule has 1 heterocycles. The summed E-state index contributed by atoms with van der Waals surface area (Å²) in [5.74, 6) is 0.810. The fraction of sp³-hybridized carbons (Fsp3) is 0.647. The van der Waals surface area contributed by atoms with Crippen molar-refractivity contribution in [2.45, 2.75) is 51.9 Å². The van der Waals surface area contributed by atoms with E-state index in [1.165, 1.54) is 19.3 Å². The lowest BCUT2D eigenvalue weighted by atomic mass is 9.70. The lowest BCUT2D eigenvalue weighted by Gasteiger charge is -2.35. The van der Waals surface area contributed by atoms with Crippen LogP contribution in [0.2, 0.25) is 0 Å². The highest BCUT2D eigenvalue weighted by Crippen LogP contribution is 2.39. The van der Waals surface area contributed by atoms with Crippen LogP contribution in [-0.4, -0.2) is 23.9 Å². The molecule has 4 nitrogen and oxygen atoms in total. The first-order valence-electron chi connectivity index (χ1n) is 8.00. The van der Waals surface area contributed by atoms with Crippen molar-refractivity contribution < 1.29 is 9.53 Å². The number of Topliss-reactive ketones (excluding diaryl/α,β-unsaturated/α-hetero) is 1. The number of carbonyl (C=O) groups excluding carboxylic acids is 1. The predicted molar refractivity (Wildman–Crippen MR) is 83.5 cm³/mol. The van der Waals surface area contributed by atoms with E-state index >= 15 is 0 Å². The minimum absolute atomic E-state index is 0.00435. The summed E-state index contributed by atoms with van der Waals surface area (Å²) in [7, 11) is 0. The Morgan fingerprint density at radius 1 is 1.33 bits per heavy atom. The summed E-state index contributed by atoms with van der Waals surface area (Å²) in [5.41, 5.74) is 6.60. The average molecular weight is 290 g/mol. The minimum atomic E-state index is -0.00435. The number of aromatic nitrogens is 1. The van der Waals surface area contributed by atoms with Crippen molar-refractivity contribution in [3.05, 3.63) is 24.0 Å². The van der Waals surface area contributed by atoms with Crippen LogP contribution < -0.4 is 10.5 Å². The molecule has 0 spiro atoms. The summed E-state index contributed by atoms with van der Waals surface area (Å²) in [4.78, 5) is 16.7. The number of nitrogens with two attached hydrogens (primary N) is 1. The number of carbonyl (C=O) groups is 1. The van der Waals surface area contributed by atoms with E-state index in [0.29, 0.717) is 30.9 Å². The first-order valence-corrected chi connectivity index (χ1v) is 8.00. The van der Waals surface area contributed by atoms with E-state index in [1.54, 1.807) is 18.5 Å². The van der Waals surface area contributed by atoms with Crippen molar-refractivity contribution in [2.75, 3.05) is 13.2 Å². The molecule has 1 aromatic heterocycles. The number of rotatable bonds is 7. The Morgan fingerprint density at radius 3 is 2.76 bits per heavy atom. The van der Waals surface area contributed by atoms with Crippen LogP contribution in [0, 0.1) is 5.41 Å². The van der Waals surface area contributed by atoms with E-state index < -0.39 is 0 Å². The largest absolute Gasteiger partial charge is 0.492 e. The van der Waals surface area contributed by atoms with Crippen LogP contribution in [0.25, 0.3) is 0 Å². The maximum Gasteiger partial charge on any atom is 0.165 e. The second kappa shape index (κ2) is 7.55. The fourth-order valence-electron chi connectivity index (χ4n) is 3.07. The molecule has 0 atom stereocenters. The zero-order chi connectivity index (χ0) is 15.1. The smallest absolute Gasteiger partial charge is 0.165 e. The summed E-state index contributed by atoms with van der Waals surface area (Å²) in [6.07, 6.45) is 10.5. The van der Waals surface area contributed by atoms with Gasteiger partial charge in [0, 0.05) is 18.2 Å². The van der Waals surface area contributed by atoms with Crippen LogP contribution in [0.15, 0.2) is 18.5 Å². The third-order valence-corrected chi connectivity index (χ3v) is 4.39. The van der Waals surface area contributed by atoms with E-state index in [0.717, 1.165) is 19.3 Å². The highest BCUT2D eigenvalue weighted by atomic mass is 16.5. The molecule has 0 radical (unpaired) electrons. The van der Waals surface area contributed by atoms with Gasteiger partial charge < -0.3 is 10.5 Å². The Balaban J connectivity index is 2.05. The van der Waals surface area contributed by atoms with Crippen molar-refractivity contribution >= 4 is 5.78 Å². The molecular formula is C17H26N2O2. The predicted octanol–water partition coefficient (Wildman–Crippen LogP) is 3.35. The van der Waals surface area contributed by atoms with Crippen LogP contribution in [0.1, 0.15) is 62.2 Å². The van der Waals surface area contributed by atoms with Crippen LogP contribution in [0.4, 0.5) is 0 Å². The molecule has 2 N–H and O–H groups in total. The molecule has 1 aliphatic rings. The van der Waals surface area contributed by atoms with Gasteiger partial charge in [0.2, 0.25) is 0 Å². The van der Waals surface area contributed by atoms with Crippen LogP contribution in [-0.2, 0) is 0 Å². The van der Waals surface area contributed by atoms with Gasteiger partial charge in [-0.2, -0.15) is 0 Å². The average Bonchev–Trinajstić information content (AvgIpc) is 2.54. The molecule has 1 aliphatic carbocycles. The highest BCUT2D eigenvalue weighted by molar-refractivity contribution is 5.96. The number of pyridine rings is 1. The quantitative estimate of drug-likeness (QED) is 0.782. The Hall–Kier alpha value is -1.42. The van der Waals surface area contributed by atoms with Crippen LogP contribution >= 0.6 is 0 Å². The van der Waals surface area contributed by atoms with Crippen LogP contribution in [0.3, 0.4) is 0 Å². The van der Waals surface area contributed by atoms with Gasteiger partial charge in [-0.1, -0.05) is 26.2 Å². The second-order valence-electron chi connectivity index (χ2n) is 6.12. The molecule has 0 aliphatic heterocycles. The van der Waals surface area contributed by atoms with E-state index in [1.807, 2.05) is 0 Å². The fourth-order valence-corrected chi connectivity index (χ4v) is 3.07. The standard InChI is InChI=1S/C17H26N2O2/c1-2-8-21-15-9-14(11-19-12-15)16(20)10-17(13-18)6-4-3-5-7-17/h9,11-12H,2-8,10,13,18H2,1H3. The molecule has 2 rings (SSSR count). The van der Waals surface area contributed by atoms with E-state index in [4.69, 9.17) is 10.5 Å². The number of ketones is 1. The molecule has 0 bridgehead atoms. The highest BCUT2D eigenvalue weighted by Gasteiger charge is 2.33. The normalized spacial score (nSPS) is 17.4. The molecule has 1 aromatic rings. The summed E-state index contributed by atoms with van der Waals surface area (Å²) in [6, 6.07) is 1.80. The number of hydrogen-bond donors (Lipinski definition) is 1. The lowest BCUT2D eigenvalue weighted by molar-refractivity contribution is 0.0867. The molecule has 0 aromatic carbocycles. The first kappa shape index (κ1) is 16.0. The van der Waals surface area contributed by atoms with Gasteiger partial charge in [0.15, 0.2) is 5.78 Å². The monoisotopic (exact) mass is 290 g/mol. The molecule has 116 valence electrons. The Bertz CT molecular complexity index is 468. The zero-order valence-corrected chi connectivity index (χ0v) is 12.9. The lowest BCUT2D eigenvalue weighted by Crippen LogP contribution is -2.35. The summed E-state index contributed by atoms with van der Waals surface area (Å²) < 4.78 is 5.55. The van der Waals surface area contributed by atoms with E-state index in [2.05, 4.69) is 11.9 Å². The Kier molecular flexibility index (Phi) is 5.74. The molecule has 1 saturated carbocycles. The Labute approximate surface area is 127 Å². The minimum Gasteiger partial charge on any atom is -0.492 e. The summed E-state index contributed by atoms with van der Waals surface area (Å²) in [5, 5.41) is 0. The first-order chi connectivity index (χ1) is 10.2. The van der Waals surface area contributed by atoms with Crippen molar-refractivity contribution in [1.82, 2.24) is 4.98 Å². The van der Waals surface area contributed by atoms with Gasteiger partial charge in [0.05, 0.1) is 12.8 Å².